The summed E-state index contributed by atoms with van der Waals surface area (Å²) in [5.41, 5.74) is 1.68. The van der Waals surface area contributed by atoms with Gasteiger partial charge in [-0.1, -0.05) is 24.3 Å². The second kappa shape index (κ2) is 7.67. The number of H-pyrrole nitrogens is 1. The lowest BCUT2D eigenvalue weighted by atomic mass is 10.0. The highest BCUT2D eigenvalue weighted by atomic mass is 16.6. The number of anilines is 1. The Morgan fingerprint density at radius 2 is 1.77 bits per heavy atom. The van der Waals surface area contributed by atoms with Crippen LogP contribution in [0.2, 0.25) is 0 Å². The number of benzene rings is 3. The molecular formula is C21H15N5O5. The minimum Gasteiger partial charge on any atom is -0.338 e. The zero-order valence-corrected chi connectivity index (χ0v) is 16.2. The molecule has 4 rings (SSSR count). The van der Waals surface area contributed by atoms with E-state index in [4.69, 9.17) is 0 Å². The predicted octanol–water partition coefficient (Wildman–Crippen LogP) is 4.61. The van der Waals surface area contributed by atoms with Crippen molar-refractivity contribution in [2.75, 3.05) is 5.32 Å². The van der Waals surface area contributed by atoms with Gasteiger partial charge in [-0.3, -0.25) is 25.0 Å². The van der Waals surface area contributed by atoms with Crippen LogP contribution in [0.3, 0.4) is 0 Å². The van der Waals surface area contributed by atoms with E-state index < -0.39 is 27.1 Å². The van der Waals surface area contributed by atoms with Gasteiger partial charge < -0.3 is 10.3 Å². The van der Waals surface area contributed by atoms with Crippen molar-refractivity contribution in [1.82, 2.24) is 9.97 Å². The monoisotopic (exact) mass is 417 g/mol. The second-order valence-electron chi connectivity index (χ2n) is 6.79. The first kappa shape index (κ1) is 19.7. The van der Waals surface area contributed by atoms with Gasteiger partial charge in [0.15, 0.2) is 0 Å². The highest BCUT2D eigenvalue weighted by Gasteiger charge is 2.24. The molecule has 0 fully saturated rings. The van der Waals surface area contributed by atoms with Crippen molar-refractivity contribution in [2.24, 2.45) is 0 Å². The van der Waals surface area contributed by atoms with Crippen molar-refractivity contribution in [3.8, 4) is 11.4 Å². The van der Waals surface area contributed by atoms with Crippen LogP contribution in [0, 0.1) is 27.2 Å². The zero-order chi connectivity index (χ0) is 22.1. The van der Waals surface area contributed by atoms with Crippen LogP contribution in [-0.2, 0) is 0 Å². The number of nitrogens with one attached hydrogen (secondary N) is 2. The van der Waals surface area contributed by atoms with Crippen LogP contribution in [0.15, 0.2) is 60.7 Å². The molecule has 0 saturated heterocycles. The molecule has 0 atom stereocenters. The topological polar surface area (TPSA) is 144 Å². The van der Waals surface area contributed by atoms with Crippen LogP contribution in [0.25, 0.3) is 22.4 Å². The Labute approximate surface area is 174 Å². The molecule has 154 valence electrons. The Morgan fingerprint density at radius 1 is 1.00 bits per heavy atom. The number of fused-ring (bicyclic) bond motifs is 1. The number of imidazole rings is 1. The smallest absolute Gasteiger partial charge is 0.279 e. The quantitative estimate of drug-likeness (QED) is 0.358. The number of carbonyl (C=O) groups is 1. The van der Waals surface area contributed by atoms with Crippen molar-refractivity contribution in [3.05, 3.63) is 92.0 Å². The fourth-order valence-electron chi connectivity index (χ4n) is 3.25. The number of rotatable bonds is 5. The number of nitrogens with zero attached hydrogens (tertiary/aromatic N) is 3. The summed E-state index contributed by atoms with van der Waals surface area (Å²) in [5.74, 6) is -0.0782. The van der Waals surface area contributed by atoms with Gasteiger partial charge in [0.05, 0.1) is 32.5 Å². The largest absolute Gasteiger partial charge is 0.338 e. The molecule has 3 aromatic carbocycles. The average molecular weight is 417 g/mol. The highest BCUT2D eigenvalue weighted by Crippen LogP contribution is 2.29. The van der Waals surface area contributed by atoms with Crippen LogP contribution < -0.4 is 5.32 Å². The van der Waals surface area contributed by atoms with Gasteiger partial charge >= 0.3 is 0 Å². The Kier molecular flexibility index (Phi) is 4.88. The number of nitro benzene ring substituents is 2. The Hall–Kier alpha value is -4.60. The normalized spacial score (nSPS) is 10.7. The summed E-state index contributed by atoms with van der Waals surface area (Å²) in [6.45, 7) is 1.38. The van der Waals surface area contributed by atoms with Gasteiger partial charge in [-0.05, 0) is 31.2 Å². The van der Waals surface area contributed by atoms with Gasteiger partial charge in [-0.25, -0.2) is 4.98 Å². The SMILES string of the molecule is Cc1c(C(=O)Nc2cccc(-c3nc4ccccc4[nH]3)c2)cc([N+](=O)[O-])cc1[N+](=O)[O-]. The fourth-order valence-corrected chi connectivity index (χ4v) is 3.25. The van der Waals surface area contributed by atoms with Gasteiger partial charge in [-0.2, -0.15) is 0 Å². The van der Waals surface area contributed by atoms with Crippen LogP contribution in [0.4, 0.5) is 17.1 Å². The minimum absolute atomic E-state index is 0.0431. The third-order valence-electron chi connectivity index (χ3n) is 4.80. The second-order valence-corrected chi connectivity index (χ2v) is 6.79. The summed E-state index contributed by atoms with van der Waals surface area (Å²) in [6, 6.07) is 16.3. The maximum Gasteiger partial charge on any atom is 0.279 e. The molecule has 4 aromatic rings. The first-order valence-corrected chi connectivity index (χ1v) is 9.13. The van der Waals surface area contributed by atoms with Crippen molar-refractivity contribution < 1.29 is 14.6 Å². The molecule has 2 N–H and O–H groups in total. The molecule has 0 aliphatic rings. The lowest BCUT2D eigenvalue weighted by Crippen LogP contribution is -2.14. The maximum atomic E-state index is 12.8. The molecule has 31 heavy (non-hydrogen) atoms. The molecule has 10 nitrogen and oxygen atoms in total. The maximum absolute atomic E-state index is 12.8. The summed E-state index contributed by atoms with van der Waals surface area (Å²) in [7, 11) is 0. The number of para-hydroxylation sites is 2. The van der Waals surface area contributed by atoms with Gasteiger partial charge in [0, 0.05) is 22.9 Å². The number of hydrogen-bond acceptors (Lipinski definition) is 6. The molecule has 0 unspecified atom stereocenters. The Morgan fingerprint density at radius 3 is 2.48 bits per heavy atom. The van der Waals surface area contributed by atoms with Crippen molar-refractivity contribution in [1.29, 1.82) is 0 Å². The Bertz CT molecular complexity index is 1330. The number of carbonyl (C=O) groups excluding carboxylic acids is 1. The summed E-state index contributed by atoms with van der Waals surface area (Å²) in [6.07, 6.45) is 0. The van der Waals surface area contributed by atoms with E-state index in [1.54, 1.807) is 18.2 Å². The molecular weight excluding hydrogens is 402 g/mol. The van der Waals surface area contributed by atoms with E-state index in [0.29, 0.717) is 11.5 Å². The first-order valence-electron chi connectivity index (χ1n) is 9.13. The zero-order valence-electron chi connectivity index (χ0n) is 16.2. The molecule has 0 bridgehead atoms. The molecule has 1 heterocycles. The number of non-ortho nitro benzene ring substituents is 1. The number of amides is 1. The lowest BCUT2D eigenvalue weighted by molar-refractivity contribution is -0.394. The van der Waals surface area contributed by atoms with Crippen LogP contribution in [0.5, 0.6) is 0 Å². The molecule has 0 saturated carbocycles. The number of hydrogen-bond donors (Lipinski definition) is 2. The predicted molar refractivity (Wildman–Crippen MR) is 114 cm³/mol. The van der Waals surface area contributed by atoms with Crippen LogP contribution in [0.1, 0.15) is 15.9 Å². The highest BCUT2D eigenvalue weighted by molar-refractivity contribution is 6.06. The average Bonchev–Trinajstić information content (AvgIpc) is 3.18. The summed E-state index contributed by atoms with van der Waals surface area (Å²) in [4.78, 5) is 41.4. The van der Waals surface area contributed by atoms with Crippen LogP contribution >= 0.6 is 0 Å². The summed E-state index contributed by atoms with van der Waals surface area (Å²) in [5, 5.41) is 25.0. The van der Waals surface area contributed by atoms with Gasteiger partial charge in [0.25, 0.3) is 17.3 Å². The standard InChI is InChI=1S/C21H15N5O5/c1-12-16(10-15(25(28)29)11-19(12)26(30)31)21(27)22-14-6-4-5-13(9-14)20-23-17-7-2-3-8-18(17)24-20/h2-11H,1H3,(H,22,27)(H,23,24). The third-order valence-corrected chi connectivity index (χ3v) is 4.80. The number of aromatic amines is 1. The lowest BCUT2D eigenvalue weighted by Gasteiger charge is -2.09. The van der Waals surface area contributed by atoms with E-state index in [0.717, 1.165) is 28.7 Å². The van der Waals surface area contributed by atoms with Crippen molar-refractivity contribution in [3.63, 3.8) is 0 Å². The summed E-state index contributed by atoms with van der Waals surface area (Å²) < 4.78 is 0. The molecule has 0 aliphatic heterocycles. The third kappa shape index (κ3) is 3.81. The molecule has 0 aliphatic carbocycles. The van der Waals surface area contributed by atoms with Crippen molar-refractivity contribution in [2.45, 2.75) is 6.92 Å². The van der Waals surface area contributed by atoms with E-state index in [1.165, 1.54) is 6.92 Å². The molecule has 10 heteroatoms. The van der Waals surface area contributed by atoms with Gasteiger partial charge in [-0.15, -0.1) is 0 Å². The number of nitro groups is 2. The molecule has 1 aromatic heterocycles. The summed E-state index contributed by atoms with van der Waals surface area (Å²) >= 11 is 0. The van der Waals surface area contributed by atoms with E-state index in [1.807, 2.05) is 30.3 Å². The van der Waals surface area contributed by atoms with E-state index in [2.05, 4.69) is 15.3 Å². The fraction of sp³-hybridized carbons (Fsp3) is 0.0476. The van der Waals surface area contributed by atoms with E-state index in [9.17, 15) is 25.0 Å². The Balaban J connectivity index is 1.67. The number of aromatic nitrogens is 2. The first-order chi connectivity index (χ1) is 14.8. The molecule has 0 spiro atoms. The van der Waals surface area contributed by atoms with Gasteiger partial charge in [0.1, 0.15) is 5.82 Å². The van der Waals surface area contributed by atoms with Crippen LogP contribution in [-0.4, -0.2) is 25.7 Å². The molecule has 0 radical (unpaired) electrons. The van der Waals surface area contributed by atoms with Crippen molar-refractivity contribution >= 4 is 34.0 Å². The van der Waals surface area contributed by atoms with Gasteiger partial charge in [0.2, 0.25) is 0 Å². The minimum atomic E-state index is -0.772. The van der Waals surface area contributed by atoms with E-state index >= 15 is 0 Å². The van der Waals surface area contributed by atoms with E-state index in [-0.39, 0.29) is 11.1 Å². The molecule has 1 amide bonds.